The van der Waals surface area contributed by atoms with Crippen LogP contribution in [-0.4, -0.2) is 27.1 Å². The first-order valence-electron chi connectivity index (χ1n) is 5.47. The molecule has 1 heterocycles. The fourth-order valence-electron chi connectivity index (χ4n) is 2.52. The van der Waals surface area contributed by atoms with Crippen LogP contribution in [0.4, 0.5) is 0 Å². The Bertz CT molecular complexity index is 161. The summed E-state index contributed by atoms with van der Waals surface area (Å²) in [7, 11) is 0.624. The zero-order chi connectivity index (χ0) is 9.90. The van der Waals surface area contributed by atoms with Crippen molar-refractivity contribution in [3.8, 4) is 0 Å². The van der Waals surface area contributed by atoms with Crippen LogP contribution in [0.15, 0.2) is 0 Å². The van der Waals surface area contributed by atoms with Crippen LogP contribution in [0.5, 0.6) is 0 Å². The monoisotopic (exact) mass is 201 g/mol. The lowest BCUT2D eigenvalue weighted by Gasteiger charge is -2.40. The van der Waals surface area contributed by atoms with E-state index in [1.54, 1.807) is 0 Å². The minimum Gasteiger partial charge on any atom is -0.413 e. The largest absolute Gasteiger partial charge is 0.413 e. The molecule has 0 aromatic heterocycles. The van der Waals surface area contributed by atoms with Gasteiger partial charge in [0.05, 0.1) is 0 Å². The first kappa shape index (κ1) is 11.2. The topological polar surface area (TPSA) is 21.3 Å². The highest BCUT2D eigenvalue weighted by atomic mass is 28.4. The second-order valence-corrected chi connectivity index (χ2v) is 8.44. The molecule has 0 saturated carbocycles. The van der Waals surface area contributed by atoms with E-state index in [1.807, 2.05) is 0 Å². The Hall–Kier alpha value is 0.137. The standard InChI is InChI=1S/C10H23NOSi/c1-5-10(11-3)13(4)8-6-7-9(2)12-13/h9-11H,5-8H2,1-4H3. The fourth-order valence-corrected chi connectivity index (χ4v) is 6.56. The molecule has 0 amide bonds. The van der Waals surface area contributed by atoms with E-state index in [2.05, 4.69) is 32.8 Å². The van der Waals surface area contributed by atoms with Gasteiger partial charge in [0.2, 0.25) is 8.32 Å². The van der Waals surface area contributed by atoms with Crippen molar-refractivity contribution in [2.45, 2.75) is 57.5 Å². The zero-order valence-electron chi connectivity index (χ0n) is 9.39. The minimum absolute atomic E-state index is 0.493. The van der Waals surface area contributed by atoms with E-state index in [4.69, 9.17) is 4.43 Å². The van der Waals surface area contributed by atoms with Crippen molar-refractivity contribution in [2.24, 2.45) is 0 Å². The van der Waals surface area contributed by atoms with E-state index < -0.39 is 8.32 Å². The normalized spacial score (nSPS) is 37.4. The van der Waals surface area contributed by atoms with E-state index in [9.17, 15) is 0 Å². The minimum atomic E-state index is -1.44. The second kappa shape index (κ2) is 4.58. The van der Waals surface area contributed by atoms with Crippen molar-refractivity contribution < 1.29 is 4.43 Å². The molecule has 0 aromatic carbocycles. The second-order valence-electron chi connectivity index (χ2n) is 4.38. The van der Waals surface area contributed by atoms with E-state index in [0.29, 0.717) is 11.8 Å². The van der Waals surface area contributed by atoms with Gasteiger partial charge < -0.3 is 9.74 Å². The summed E-state index contributed by atoms with van der Waals surface area (Å²) in [6, 6.07) is 1.33. The molecule has 3 unspecified atom stereocenters. The molecule has 1 N–H and O–H groups in total. The maximum atomic E-state index is 6.19. The molecule has 1 fully saturated rings. The molecule has 1 aliphatic rings. The molecule has 1 aliphatic heterocycles. The van der Waals surface area contributed by atoms with Crippen LogP contribution in [0, 0.1) is 0 Å². The van der Waals surface area contributed by atoms with Crippen molar-refractivity contribution >= 4 is 8.32 Å². The van der Waals surface area contributed by atoms with Crippen LogP contribution in [0.25, 0.3) is 0 Å². The van der Waals surface area contributed by atoms with Gasteiger partial charge in [0.1, 0.15) is 0 Å². The zero-order valence-corrected chi connectivity index (χ0v) is 10.4. The Kier molecular flexibility index (Phi) is 3.95. The lowest BCUT2D eigenvalue weighted by atomic mass is 10.2. The van der Waals surface area contributed by atoms with Gasteiger partial charge in [-0.1, -0.05) is 13.3 Å². The van der Waals surface area contributed by atoms with E-state index in [-0.39, 0.29) is 0 Å². The van der Waals surface area contributed by atoms with E-state index in [0.717, 1.165) is 0 Å². The van der Waals surface area contributed by atoms with Gasteiger partial charge in [0.25, 0.3) is 0 Å². The third kappa shape index (κ3) is 2.54. The summed E-state index contributed by atoms with van der Waals surface area (Å²) in [4.78, 5) is 0. The quantitative estimate of drug-likeness (QED) is 0.708. The summed E-state index contributed by atoms with van der Waals surface area (Å²) in [5, 5.41) is 3.42. The molecular weight excluding hydrogens is 178 g/mol. The van der Waals surface area contributed by atoms with Crippen molar-refractivity contribution in [1.29, 1.82) is 0 Å². The lowest BCUT2D eigenvalue weighted by molar-refractivity contribution is 0.168. The van der Waals surface area contributed by atoms with E-state index in [1.165, 1.54) is 25.3 Å². The highest BCUT2D eigenvalue weighted by Gasteiger charge is 2.40. The van der Waals surface area contributed by atoms with Gasteiger partial charge in [0.15, 0.2) is 0 Å². The molecule has 0 aliphatic carbocycles. The number of nitrogens with one attached hydrogen (secondary N) is 1. The Balaban J connectivity index is 2.61. The summed E-state index contributed by atoms with van der Waals surface area (Å²) < 4.78 is 6.19. The molecule has 2 nitrogen and oxygen atoms in total. The lowest BCUT2D eigenvalue weighted by Crippen LogP contribution is -2.56. The van der Waals surface area contributed by atoms with E-state index >= 15 is 0 Å². The first-order chi connectivity index (χ1) is 6.12. The number of hydrogen-bond acceptors (Lipinski definition) is 2. The average molecular weight is 201 g/mol. The Morgan fingerprint density at radius 3 is 2.77 bits per heavy atom. The van der Waals surface area contributed by atoms with Crippen LogP contribution in [-0.2, 0) is 4.43 Å². The molecule has 0 radical (unpaired) electrons. The third-order valence-electron chi connectivity index (χ3n) is 3.25. The summed E-state index contributed by atoms with van der Waals surface area (Å²) in [5.74, 6) is 0. The molecule has 3 atom stereocenters. The summed E-state index contributed by atoms with van der Waals surface area (Å²) in [6.45, 7) is 6.85. The smallest absolute Gasteiger partial charge is 0.206 e. The molecule has 13 heavy (non-hydrogen) atoms. The van der Waals surface area contributed by atoms with Gasteiger partial charge in [-0.05, 0) is 39.4 Å². The van der Waals surface area contributed by atoms with Crippen molar-refractivity contribution in [2.75, 3.05) is 7.05 Å². The average Bonchev–Trinajstić information content (AvgIpc) is 2.05. The molecule has 3 heteroatoms. The number of hydrogen-bond donors (Lipinski definition) is 1. The molecular formula is C10H23NOSi. The Morgan fingerprint density at radius 1 is 1.62 bits per heavy atom. The van der Waals surface area contributed by atoms with Gasteiger partial charge in [-0.2, -0.15) is 0 Å². The highest BCUT2D eigenvalue weighted by molar-refractivity contribution is 6.74. The third-order valence-corrected chi connectivity index (χ3v) is 7.71. The van der Waals surface area contributed by atoms with Gasteiger partial charge in [-0.15, -0.1) is 0 Å². The molecule has 0 bridgehead atoms. The Morgan fingerprint density at radius 2 is 2.31 bits per heavy atom. The van der Waals surface area contributed by atoms with Crippen molar-refractivity contribution in [3.05, 3.63) is 0 Å². The fraction of sp³-hybridized carbons (Fsp3) is 1.00. The maximum absolute atomic E-state index is 6.19. The summed E-state index contributed by atoms with van der Waals surface area (Å²) in [6.07, 6.45) is 4.31. The van der Waals surface area contributed by atoms with Gasteiger partial charge in [-0.3, -0.25) is 0 Å². The summed E-state index contributed by atoms with van der Waals surface area (Å²) >= 11 is 0. The predicted octanol–water partition coefficient (Wildman–Crippen LogP) is 2.30. The van der Waals surface area contributed by atoms with Crippen LogP contribution in [0.2, 0.25) is 12.6 Å². The van der Waals surface area contributed by atoms with Crippen LogP contribution >= 0.6 is 0 Å². The van der Waals surface area contributed by atoms with Gasteiger partial charge in [0, 0.05) is 11.8 Å². The predicted molar refractivity (Wildman–Crippen MR) is 59.3 cm³/mol. The number of rotatable bonds is 3. The maximum Gasteiger partial charge on any atom is 0.206 e. The van der Waals surface area contributed by atoms with Crippen LogP contribution < -0.4 is 5.32 Å². The molecule has 1 saturated heterocycles. The summed E-state index contributed by atoms with van der Waals surface area (Å²) in [5.41, 5.74) is 0.634. The molecule has 0 aromatic rings. The molecule has 0 spiro atoms. The Labute approximate surface area is 83.2 Å². The van der Waals surface area contributed by atoms with Crippen LogP contribution in [0.1, 0.15) is 33.1 Å². The van der Waals surface area contributed by atoms with Crippen LogP contribution in [0.3, 0.4) is 0 Å². The molecule has 1 rings (SSSR count). The van der Waals surface area contributed by atoms with Gasteiger partial charge >= 0.3 is 0 Å². The van der Waals surface area contributed by atoms with Crippen molar-refractivity contribution in [1.82, 2.24) is 5.32 Å². The van der Waals surface area contributed by atoms with Gasteiger partial charge in [-0.25, -0.2) is 0 Å². The first-order valence-corrected chi connectivity index (χ1v) is 8.16. The van der Waals surface area contributed by atoms with Crippen molar-refractivity contribution in [3.63, 3.8) is 0 Å². The highest BCUT2D eigenvalue weighted by Crippen LogP contribution is 2.29. The SMILES string of the molecule is CCC(NC)[Si]1(C)CCCC(C)O1. The molecule has 78 valence electrons.